The van der Waals surface area contributed by atoms with Gasteiger partial charge in [-0.25, -0.2) is 0 Å². The van der Waals surface area contributed by atoms with Crippen LogP contribution in [0.1, 0.15) is 22.6 Å². The fourth-order valence-electron chi connectivity index (χ4n) is 2.45. The van der Waals surface area contributed by atoms with Crippen molar-refractivity contribution in [3.8, 4) is 0 Å². The molecule has 0 aliphatic rings. The number of rotatable bonds is 4. The lowest BCUT2D eigenvalue weighted by Crippen LogP contribution is -2.30. The number of Topliss-reactive ketones (excluding diaryl/α,β-unsaturated/α-hetero) is 1. The molecule has 0 aromatic heterocycles. The third-order valence-electron chi connectivity index (χ3n) is 3.54. The third-order valence-corrected chi connectivity index (χ3v) is 4.47. The van der Waals surface area contributed by atoms with Crippen LogP contribution in [0.15, 0.2) is 40.9 Å². The minimum atomic E-state index is -4.73. The minimum absolute atomic E-state index is 0.0550. The molecule has 7 heteroatoms. The van der Waals surface area contributed by atoms with Crippen molar-refractivity contribution >= 4 is 44.9 Å². The fraction of sp³-hybridized carbons (Fsp3) is 0.235. The molecule has 2 aromatic rings. The molecule has 0 aliphatic heterocycles. The summed E-state index contributed by atoms with van der Waals surface area (Å²) < 4.78 is 41.2. The molecular formula is C17H12BrCl2F3O. The van der Waals surface area contributed by atoms with Gasteiger partial charge < -0.3 is 0 Å². The first kappa shape index (κ1) is 19.3. The smallest absolute Gasteiger partial charge is 0.298 e. The van der Waals surface area contributed by atoms with Crippen molar-refractivity contribution in [2.45, 2.75) is 25.4 Å². The maximum Gasteiger partial charge on any atom is 0.402 e. The van der Waals surface area contributed by atoms with Crippen LogP contribution in [-0.2, 0) is 11.2 Å². The number of ketones is 1. The fourth-order valence-corrected chi connectivity index (χ4v) is 3.47. The van der Waals surface area contributed by atoms with Crippen LogP contribution in [0.3, 0.4) is 0 Å². The average Bonchev–Trinajstić information content (AvgIpc) is 2.39. The van der Waals surface area contributed by atoms with Gasteiger partial charge in [0.2, 0.25) is 0 Å². The summed E-state index contributed by atoms with van der Waals surface area (Å²) in [5, 5.41) is 0.110. The van der Waals surface area contributed by atoms with Crippen LogP contribution in [0.25, 0.3) is 0 Å². The van der Waals surface area contributed by atoms with Gasteiger partial charge in [-0.1, -0.05) is 45.2 Å². The maximum atomic E-state index is 13.5. The number of alkyl halides is 3. The van der Waals surface area contributed by atoms with E-state index in [0.717, 1.165) is 22.2 Å². The second kappa shape index (κ2) is 7.46. The van der Waals surface area contributed by atoms with Crippen molar-refractivity contribution in [2.75, 3.05) is 0 Å². The molecule has 1 nitrogen and oxygen atoms in total. The summed E-state index contributed by atoms with van der Waals surface area (Å²) in [4.78, 5) is 12.4. The molecule has 0 aliphatic carbocycles. The summed E-state index contributed by atoms with van der Waals surface area (Å²) in [6.45, 7) is 1.74. The van der Waals surface area contributed by atoms with E-state index in [1.54, 1.807) is 25.1 Å². The summed E-state index contributed by atoms with van der Waals surface area (Å²) in [5.74, 6) is -3.22. The maximum absolute atomic E-state index is 13.5. The van der Waals surface area contributed by atoms with Gasteiger partial charge in [0.05, 0.1) is 0 Å². The van der Waals surface area contributed by atoms with Gasteiger partial charge in [-0.2, -0.15) is 13.2 Å². The van der Waals surface area contributed by atoms with Crippen molar-refractivity contribution < 1.29 is 18.0 Å². The van der Waals surface area contributed by atoms with Gasteiger partial charge in [-0.15, -0.1) is 0 Å². The quantitative estimate of drug-likeness (QED) is 0.529. The van der Waals surface area contributed by atoms with Gasteiger partial charge in [0.1, 0.15) is 5.92 Å². The molecule has 2 aromatic carbocycles. The predicted molar refractivity (Wildman–Crippen MR) is 92.8 cm³/mol. The Labute approximate surface area is 155 Å². The van der Waals surface area contributed by atoms with E-state index in [1.165, 1.54) is 6.07 Å². The lowest BCUT2D eigenvalue weighted by molar-refractivity contribution is -0.163. The number of halogens is 6. The Balaban J connectivity index is 2.39. The second-order valence-electron chi connectivity index (χ2n) is 5.39. The number of carbonyl (C=O) groups excluding carboxylic acids is 1. The van der Waals surface area contributed by atoms with Crippen molar-refractivity contribution in [1.29, 1.82) is 0 Å². The third kappa shape index (κ3) is 4.74. The first-order chi connectivity index (χ1) is 11.1. The SMILES string of the molecule is Cc1cc(Br)ccc1CC(=O)C(c1cc(Cl)cc(Cl)c1)C(F)(F)F. The molecule has 0 spiro atoms. The van der Waals surface area contributed by atoms with Crippen molar-refractivity contribution in [3.05, 3.63) is 67.6 Å². The molecule has 1 atom stereocenters. The van der Waals surface area contributed by atoms with Gasteiger partial charge in [-0.05, 0) is 53.9 Å². The van der Waals surface area contributed by atoms with Crippen molar-refractivity contribution in [2.24, 2.45) is 0 Å². The van der Waals surface area contributed by atoms with Gasteiger partial charge in [0, 0.05) is 20.9 Å². The molecule has 2 rings (SSSR count). The highest BCUT2D eigenvalue weighted by atomic mass is 79.9. The molecule has 24 heavy (non-hydrogen) atoms. The van der Waals surface area contributed by atoms with E-state index in [1.807, 2.05) is 0 Å². The molecule has 0 heterocycles. The van der Waals surface area contributed by atoms with E-state index in [2.05, 4.69) is 15.9 Å². The summed E-state index contributed by atoms with van der Waals surface area (Å²) in [7, 11) is 0. The second-order valence-corrected chi connectivity index (χ2v) is 7.18. The van der Waals surface area contributed by atoms with Crippen LogP contribution in [0, 0.1) is 6.92 Å². The van der Waals surface area contributed by atoms with Crippen LogP contribution in [0.4, 0.5) is 13.2 Å². The Morgan fingerprint density at radius 3 is 2.21 bits per heavy atom. The number of carbonyl (C=O) groups is 1. The van der Waals surface area contributed by atoms with E-state index in [4.69, 9.17) is 23.2 Å². The monoisotopic (exact) mass is 438 g/mol. The molecule has 0 amide bonds. The Morgan fingerprint density at radius 1 is 1.12 bits per heavy atom. The van der Waals surface area contributed by atoms with Gasteiger partial charge in [-0.3, -0.25) is 4.79 Å². The topological polar surface area (TPSA) is 17.1 Å². The highest BCUT2D eigenvalue weighted by molar-refractivity contribution is 9.10. The zero-order valence-electron chi connectivity index (χ0n) is 12.4. The Morgan fingerprint density at radius 2 is 1.71 bits per heavy atom. The Kier molecular flexibility index (Phi) is 6.00. The zero-order valence-corrected chi connectivity index (χ0v) is 15.5. The van der Waals surface area contributed by atoms with Gasteiger partial charge >= 0.3 is 6.18 Å². The molecular weight excluding hydrogens is 428 g/mol. The minimum Gasteiger partial charge on any atom is -0.298 e. The standard InChI is InChI=1S/C17H12BrCl2F3O/c1-9-4-12(18)3-2-10(9)7-15(24)16(17(21,22)23)11-5-13(19)8-14(20)6-11/h2-6,8,16H,7H2,1H3. The largest absolute Gasteiger partial charge is 0.402 e. The summed E-state index contributed by atoms with van der Waals surface area (Å²) in [6, 6.07) is 8.64. The van der Waals surface area contributed by atoms with Crippen molar-refractivity contribution in [1.82, 2.24) is 0 Å². The lowest BCUT2D eigenvalue weighted by Gasteiger charge is -2.20. The average molecular weight is 440 g/mol. The Bertz CT molecular complexity index is 755. The van der Waals surface area contributed by atoms with E-state index >= 15 is 0 Å². The molecule has 1 unspecified atom stereocenters. The number of aryl methyl sites for hydroxylation is 1. The molecule has 0 fully saturated rings. The van der Waals surface area contributed by atoms with Crippen LogP contribution in [0.5, 0.6) is 0 Å². The predicted octanol–water partition coefficient (Wildman–Crippen LogP) is 6.52. The lowest BCUT2D eigenvalue weighted by atomic mass is 9.89. The van der Waals surface area contributed by atoms with Crippen LogP contribution in [-0.4, -0.2) is 12.0 Å². The van der Waals surface area contributed by atoms with Gasteiger partial charge in [0.25, 0.3) is 0 Å². The molecule has 0 saturated heterocycles. The van der Waals surface area contributed by atoms with Crippen LogP contribution in [0.2, 0.25) is 10.0 Å². The molecule has 128 valence electrons. The van der Waals surface area contributed by atoms with E-state index in [0.29, 0.717) is 5.56 Å². The van der Waals surface area contributed by atoms with Crippen LogP contribution >= 0.6 is 39.1 Å². The first-order valence-electron chi connectivity index (χ1n) is 6.88. The summed E-state index contributed by atoms with van der Waals surface area (Å²) in [5.41, 5.74) is 1.04. The van der Waals surface area contributed by atoms with E-state index < -0.39 is 17.9 Å². The van der Waals surface area contributed by atoms with Crippen molar-refractivity contribution in [3.63, 3.8) is 0 Å². The van der Waals surface area contributed by atoms with Gasteiger partial charge in [0.15, 0.2) is 5.78 Å². The molecule has 0 N–H and O–H groups in total. The first-order valence-corrected chi connectivity index (χ1v) is 8.43. The molecule has 0 bridgehead atoms. The van der Waals surface area contributed by atoms with Crippen LogP contribution < -0.4 is 0 Å². The summed E-state index contributed by atoms with van der Waals surface area (Å²) in [6.07, 6.45) is -5.05. The van der Waals surface area contributed by atoms with E-state index in [9.17, 15) is 18.0 Å². The number of hydrogen-bond donors (Lipinski definition) is 0. The normalized spacial score (nSPS) is 13.0. The summed E-state index contributed by atoms with van der Waals surface area (Å²) >= 11 is 14.8. The number of hydrogen-bond acceptors (Lipinski definition) is 1. The van der Waals surface area contributed by atoms with E-state index in [-0.39, 0.29) is 22.0 Å². The molecule has 0 radical (unpaired) electrons. The highest BCUT2D eigenvalue weighted by Gasteiger charge is 2.45. The number of benzene rings is 2. The zero-order chi connectivity index (χ0) is 18.1. The highest BCUT2D eigenvalue weighted by Crippen LogP contribution is 2.38. The molecule has 0 saturated carbocycles. The Hall–Kier alpha value is -1.04.